The maximum atomic E-state index is 13.0. The molecule has 2 aromatic rings. The van der Waals surface area contributed by atoms with Crippen LogP contribution in [0.5, 0.6) is 5.75 Å². The van der Waals surface area contributed by atoms with Gasteiger partial charge < -0.3 is 24.0 Å². The van der Waals surface area contributed by atoms with Crippen LogP contribution in [0.25, 0.3) is 0 Å². The third-order valence-corrected chi connectivity index (χ3v) is 5.51. The van der Waals surface area contributed by atoms with E-state index < -0.39 is 0 Å². The van der Waals surface area contributed by atoms with E-state index in [9.17, 15) is 9.59 Å². The number of carbonyl (C=O) groups is 2. The van der Waals surface area contributed by atoms with E-state index in [2.05, 4.69) is 9.88 Å². The van der Waals surface area contributed by atoms with Crippen LogP contribution in [0, 0.1) is 5.92 Å². The van der Waals surface area contributed by atoms with Crippen molar-refractivity contribution < 1.29 is 14.3 Å². The molecule has 2 aliphatic heterocycles. The first-order valence-corrected chi connectivity index (χ1v) is 9.52. The van der Waals surface area contributed by atoms with Crippen LogP contribution in [0.2, 0.25) is 0 Å². The minimum atomic E-state index is -0.293. The van der Waals surface area contributed by atoms with Gasteiger partial charge in [0.05, 0.1) is 13.0 Å². The van der Waals surface area contributed by atoms with Gasteiger partial charge in [0.2, 0.25) is 17.8 Å². The van der Waals surface area contributed by atoms with Crippen molar-refractivity contribution in [2.45, 2.75) is 6.42 Å². The summed E-state index contributed by atoms with van der Waals surface area (Å²) in [6.07, 6.45) is 3.96. The third kappa shape index (κ3) is 3.42. The number of rotatable bonds is 4. The van der Waals surface area contributed by atoms with Gasteiger partial charge in [-0.2, -0.15) is 0 Å². The first-order chi connectivity index (χ1) is 13.6. The van der Waals surface area contributed by atoms with Crippen molar-refractivity contribution in [1.29, 1.82) is 0 Å². The molecule has 2 aliphatic rings. The Bertz CT molecular complexity index is 872. The predicted octanol–water partition coefficient (Wildman–Crippen LogP) is 1.13. The number of aromatic nitrogens is 2. The zero-order valence-corrected chi connectivity index (χ0v) is 16.2. The topological polar surface area (TPSA) is 70.9 Å². The second-order valence-electron chi connectivity index (χ2n) is 7.26. The minimum Gasteiger partial charge on any atom is -0.497 e. The van der Waals surface area contributed by atoms with Crippen molar-refractivity contribution in [2.24, 2.45) is 13.0 Å². The van der Waals surface area contributed by atoms with Gasteiger partial charge in [0.15, 0.2) is 0 Å². The van der Waals surface area contributed by atoms with Gasteiger partial charge in [0.25, 0.3) is 0 Å². The van der Waals surface area contributed by atoms with Crippen LogP contribution in [0.3, 0.4) is 0 Å². The maximum Gasteiger partial charge on any atom is 0.228 e. The average Bonchev–Trinajstić information content (AvgIpc) is 3.33. The van der Waals surface area contributed by atoms with Crippen LogP contribution in [-0.4, -0.2) is 66.1 Å². The quantitative estimate of drug-likeness (QED) is 0.792. The largest absolute Gasteiger partial charge is 0.497 e. The highest BCUT2D eigenvalue weighted by Crippen LogP contribution is 2.29. The summed E-state index contributed by atoms with van der Waals surface area (Å²) in [7, 11) is 3.57. The molecule has 2 saturated heterocycles. The zero-order chi connectivity index (χ0) is 19.7. The Morgan fingerprint density at radius 1 is 1.21 bits per heavy atom. The molecule has 1 atom stereocenters. The van der Waals surface area contributed by atoms with Crippen molar-refractivity contribution in [3.05, 3.63) is 36.7 Å². The number of aryl methyl sites for hydroxylation is 1. The molecular formula is C20H25N5O3. The van der Waals surface area contributed by atoms with E-state index >= 15 is 0 Å². The summed E-state index contributed by atoms with van der Waals surface area (Å²) in [5, 5.41) is 0. The average molecular weight is 383 g/mol. The summed E-state index contributed by atoms with van der Waals surface area (Å²) >= 11 is 0. The van der Waals surface area contributed by atoms with Gasteiger partial charge in [-0.15, -0.1) is 0 Å². The molecular weight excluding hydrogens is 358 g/mol. The van der Waals surface area contributed by atoms with Crippen LogP contribution in [-0.2, 0) is 16.6 Å². The molecule has 3 heterocycles. The predicted molar refractivity (Wildman–Crippen MR) is 105 cm³/mol. The second-order valence-corrected chi connectivity index (χ2v) is 7.26. The number of ether oxygens (including phenoxy) is 1. The van der Waals surface area contributed by atoms with Crippen LogP contribution >= 0.6 is 0 Å². The van der Waals surface area contributed by atoms with E-state index in [4.69, 9.17) is 4.74 Å². The number of benzene rings is 1. The van der Waals surface area contributed by atoms with Crippen molar-refractivity contribution >= 4 is 23.5 Å². The lowest BCUT2D eigenvalue weighted by Gasteiger charge is -2.36. The van der Waals surface area contributed by atoms with Crippen molar-refractivity contribution in [3.63, 3.8) is 0 Å². The van der Waals surface area contributed by atoms with E-state index in [1.54, 1.807) is 18.2 Å². The molecule has 0 spiro atoms. The van der Waals surface area contributed by atoms with E-state index in [-0.39, 0.29) is 24.2 Å². The van der Waals surface area contributed by atoms with Gasteiger partial charge in [-0.25, -0.2) is 4.98 Å². The number of nitrogens with zero attached hydrogens (tertiary/aromatic N) is 5. The summed E-state index contributed by atoms with van der Waals surface area (Å²) in [6, 6.07) is 7.40. The molecule has 0 bridgehead atoms. The molecule has 4 rings (SSSR count). The molecule has 2 amide bonds. The van der Waals surface area contributed by atoms with Crippen LogP contribution < -0.4 is 14.5 Å². The number of hydrogen-bond donors (Lipinski definition) is 0. The van der Waals surface area contributed by atoms with E-state index in [0.29, 0.717) is 25.4 Å². The number of methoxy groups -OCH3 is 1. The lowest BCUT2D eigenvalue weighted by atomic mass is 10.1. The number of amides is 2. The fraction of sp³-hybridized carbons (Fsp3) is 0.450. The van der Waals surface area contributed by atoms with Crippen molar-refractivity contribution in [1.82, 2.24) is 14.5 Å². The van der Waals surface area contributed by atoms with E-state index in [0.717, 1.165) is 24.7 Å². The Kier molecular flexibility index (Phi) is 4.93. The number of piperazine rings is 1. The van der Waals surface area contributed by atoms with E-state index in [1.807, 2.05) is 47.0 Å². The first-order valence-electron chi connectivity index (χ1n) is 9.52. The fourth-order valence-electron chi connectivity index (χ4n) is 3.95. The molecule has 0 N–H and O–H groups in total. The second kappa shape index (κ2) is 7.53. The summed E-state index contributed by atoms with van der Waals surface area (Å²) in [4.78, 5) is 35.6. The number of anilines is 2. The first kappa shape index (κ1) is 18.3. The molecule has 148 valence electrons. The summed E-state index contributed by atoms with van der Waals surface area (Å²) < 4.78 is 7.23. The van der Waals surface area contributed by atoms with Crippen LogP contribution in [0.1, 0.15) is 6.42 Å². The molecule has 1 aromatic carbocycles. The minimum absolute atomic E-state index is 0.0155. The Hall–Kier alpha value is -3.03. The highest BCUT2D eigenvalue weighted by molar-refractivity contribution is 6.00. The number of imidazole rings is 1. The van der Waals surface area contributed by atoms with Crippen LogP contribution in [0.15, 0.2) is 36.7 Å². The summed E-state index contributed by atoms with van der Waals surface area (Å²) in [6.45, 7) is 3.21. The van der Waals surface area contributed by atoms with Gasteiger partial charge in [-0.3, -0.25) is 9.59 Å². The van der Waals surface area contributed by atoms with Gasteiger partial charge in [-0.05, 0) is 12.1 Å². The lowest BCUT2D eigenvalue weighted by Crippen LogP contribution is -2.51. The van der Waals surface area contributed by atoms with Crippen molar-refractivity contribution in [2.75, 3.05) is 49.6 Å². The zero-order valence-electron chi connectivity index (χ0n) is 16.2. The van der Waals surface area contributed by atoms with Gasteiger partial charge in [0, 0.05) is 70.3 Å². The molecule has 1 unspecified atom stereocenters. The number of carbonyl (C=O) groups excluding carboxylic acids is 2. The third-order valence-electron chi connectivity index (χ3n) is 5.51. The molecule has 28 heavy (non-hydrogen) atoms. The SMILES string of the molecule is COc1cccc(N2CC(C(=O)N3CCN(c4nccn4C)CC3)CC2=O)c1. The van der Waals surface area contributed by atoms with Crippen LogP contribution in [0.4, 0.5) is 11.6 Å². The van der Waals surface area contributed by atoms with Gasteiger partial charge in [0.1, 0.15) is 5.75 Å². The molecule has 2 fully saturated rings. The Morgan fingerprint density at radius 2 is 2.00 bits per heavy atom. The highest BCUT2D eigenvalue weighted by atomic mass is 16.5. The smallest absolute Gasteiger partial charge is 0.228 e. The Morgan fingerprint density at radius 3 is 2.68 bits per heavy atom. The maximum absolute atomic E-state index is 13.0. The molecule has 0 saturated carbocycles. The molecule has 0 radical (unpaired) electrons. The fourth-order valence-corrected chi connectivity index (χ4v) is 3.95. The molecule has 8 nitrogen and oxygen atoms in total. The van der Waals surface area contributed by atoms with Gasteiger partial charge >= 0.3 is 0 Å². The standard InChI is InChI=1S/C20H25N5O3/c1-22-7-6-21-20(22)24-10-8-23(9-11-24)19(27)15-12-18(26)25(14-15)16-4-3-5-17(13-16)28-2/h3-7,13,15H,8-12,14H2,1-2H3. The molecule has 1 aromatic heterocycles. The summed E-state index contributed by atoms with van der Waals surface area (Å²) in [5.74, 6) is 1.38. The summed E-state index contributed by atoms with van der Waals surface area (Å²) in [5.41, 5.74) is 0.777. The number of hydrogen-bond acceptors (Lipinski definition) is 5. The van der Waals surface area contributed by atoms with Gasteiger partial charge in [-0.1, -0.05) is 6.07 Å². The van der Waals surface area contributed by atoms with E-state index in [1.165, 1.54) is 0 Å². The molecule has 8 heteroatoms. The Balaban J connectivity index is 1.38. The lowest BCUT2D eigenvalue weighted by molar-refractivity contribution is -0.136. The molecule has 0 aliphatic carbocycles. The Labute approximate surface area is 164 Å². The normalized spacial score (nSPS) is 20.0. The van der Waals surface area contributed by atoms with Crippen molar-refractivity contribution in [3.8, 4) is 5.75 Å². The monoisotopic (exact) mass is 383 g/mol. The highest BCUT2D eigenvalue weighted by Gasteiger charge is 2.38.